The highest BCUT2D eigenvalue weighted by molar-refractivity contribution is 6.00. The first-order valence-corrected chi connectivity index (χ1v) is 10.1. The third-order valence-electron chi connectivity index (χ3n) is 6.26. The maximum atomic E-state index is 14.3. The highest BCUT2D eigenvalue weighted by Crippen LogP contribution is 2.27. The van der Waals surface area contributed by atoms with Crippen LogP contribution >= 0.6 is 0 Å². The summed E-state index contributed by atoms with van der Waals surface area (Å²) in [7, 11) is 0. The van der Waals surface area contributed by atoms with Crippen molar-refractivity contribution < 1.29 is 14.0 Å². The lowest BCUT2D eigenvalue weighted by atomic mass is 9.83. The zero-order chi connectivity index (χ0) is 20.4. The van der Waals surface area contributed by atoms with Crippen LogP contribution in [0.25, 0.3) is 0 Å². The van der Waals surface area contributed by atoms with Gasteiger partial charge in [-0.15, -0.1) is 0 Å². The van der Waals surface area contributed by atoms with Crippen molar-refractivity contribution in [2.45, 2.75) is 82.8 Å². The summed E-state index contributed by atoms with van der Waals surface area (Å²) < 4.78 is 14.3. The number of halogens is 1. The average Bonchev–Trinajstić information content (AvgIpc) is 2.65. The molecule has 8 heteroatoms. The van der Waals surface area contributed by atoms with Crippen molar-refractivity contribution in [3.63, 3.8) is 0 Å². The monoisotopic (exact) mass is 391 g/mol. The van der Waals surface area contributed by atoms with Gasteiger partial charge in [0.15, 0.2) is 0 Å². The predicted octanol–water partition coefficient (Wildman–Crippen LogP) is 0.676. The first-order chi connectivity index (χ1) is 13.3. The van der Waals surface area contributed by atoms with E-state index in [9.17, 15) is 14.0 Å². The molecule has 6 unspecified atom stereocenters. The molecule has 2 amide bonds. The second-order valence-corrected chi connectivity index (χ2v) is 8.41. The Hall–Kier alpha value is -1.98. The smallest absolute Gasteiger partial charge is 0.248 e. The van der Waals surface area contributed by atoms with Crippen LogP contribution in [0.5, 0.6) is 0 Å². The van der Waals surface area contributed by atoms with Crippen LogP contribution in [0.2, 0.25) is 0 Å². The maximum absolute atomic E-state index is 14.3. The van der Waals surface area contributed by atoms with Gasteiger partial charge in [-0.05, 0) is 45.6 Å². The van der Waals surface area contributed by atoms with E-state index in [4.69, 9.17) is 5.26 Å². The van der Waals surface area contributed by atoms with E-state index in [2.05, 4.69) is 34.3 Å². The molecule has 2 saturated heterocycles. The quantitative estimate of drug-likeness (QED) is 0.564. The molecule has 7 nitrogen and oxygen atoms in total. The lowest BCUT2D eigenvalue weighted by Crippen LogP contribution is -2.60. The van der Waals surface area contributed by atoms with E-state index in [1.807, 2.05) is 6.92 Å². The number of nitriles is 1. The number of carbonyl (C=O) groups excluding carboxylic acids is 2. The van der Waals surface area contributed by atoms with Gasteiger partial charge in [0, 0.05) is 36.3 Å². The molecule has 2 fully saturated rings. The summed E-state index contributed by atoms with van der Waals surface area (Å²) in [6.45, 7) is 6.20. The topological polar surface area (TPSA) is 106 Å². The molecular weight excluding hydrogens is 361 g/mol. The zero-order valence-electron chi connectivity index (χ0n) is 16.7. The van der Waals surface area contributed by atoms with E-state index in [0.717, 1.165) is 18.4 Å². The van der Waals surface area contributed by atoms with Gasteiger partial charge in [0.25, 0.3) is 0 Å². The standard InChI is InChI=1S/C20H30FN5O2/c1-10-4-5-16-18(24-10)11(2)14(20(28)26-16)7-17(27)25-12(3)19-15(21)6-13(8-22)9-23-19/h10,12-13,15-16,18-19,23-24H,4-7,9H2,1-3H3,(H,25,27)(H,26,28)/t10?,12-,13?,15?,16?,18?,19?/m1/s1. The Bertz CT molecular complexity index is 703. The van der Waals surface area contributed by atoms with E-state index in [0.29, 0.717) is 18.2 Å². The molecule has 0 bridgehead atoms. The van der Waals surface area contributed by atoms with Gasteiger partial charge >= 0.3 is 0 Å². The zero-order valence-corrected chi connectivity index (χ0v) is 16.7. The number of nitrogens with one attached hydrogen (secondary N) is 4. The summed E-state index contributed by atoms with van der Waals surface area (Å²) >= 11 is 0. The van der Waals surface area contributed by atoms with Gasteiger partial charge in [0.1, 0.15) is 6.17 Å². The number of hydrogen-bond acceptors (Lipinski definition) is 5. The minimum Gasteiger partial charge on any atom is -0.352 e. The van der Waals surface area contributed by atoms with Crippen LogP contribution in [-0.4, -0.2) is 54.7 Å². The minimum absolute atomic E-state index is 0.0220. The average molecular weight is 391 g/mol. The molecule has 0 radical (unpaired) electrons. The van der Waals surface area contributed by atoms with Gasteiger partial charge in [-0.3, -0.25) is 9.59 Å². The molecule has 4 N–H and O–H groups in total. The normalized spacial score (nSPS) is 36.8. The van der Waals surface area contributed by atoms with Gasteiger partial charge in [0.05, 0.1) is 24.4 Å². The molecule has 7 atom stereocenters. The molecular formula is C20H30FN5O2. The Morgan fingerprint density at radius 2 is 2.18 bits per heavy atom. The highest BCUT2D eigenvalue weighted by atomic mass is 19.1. The molecule has 3 aliphatic rings. The Balaban J connectivity index is 1.61. The van der Waals surface area contributed by atoms with Gasteiger partial charge in [0.2, 0.25) is 11.8 Å². The number of rotatable bonds is 4. The fourth-order valence-electron chi connectivity index (χ4n) is 4.58. The van der Waals surface area contributed by atoms with Crippen LogP contribution in [0.1, 0.15) is 46.5 Å². The van der Waals surface area contributed by atoms with Crippen LogP contribution in [0.15, 0.2) is 11.1 Å². The summed E-state index contributed by atoms with van der Waals surface area (Å²) in [6.07, 6.45) is 0.891. The number of fused-ring (bicyclic) bond motifs is 1. The lowest BCUT2D eigenvalue weighted by molar-refractivity contribution is -0.124. The third kappa shape index (κ3) is 4.36. The van der Waals surface area contributed by atoms with Crippen LogP contribution in [-0.2, 0) is 9.59 Å². The number of nitrogens with zero attached hydrogens (tertiary/aromatic N) is 1. The van der Waals surface area contributed by atoms with Crippen molar-refractivity contribution in [2.24, 2.45) is 5.92 Å². The Morgan fingerprint density at radius 3 is 2.86 bits per heavy atom. The molecule has 3 aliphatic heterocycles. The van der Waals surface area contributed by atoms with E-state index in [1.165, 1.54) is 0 Å². The molecule has 28 heavy (non-hydrogen) atoms. The minimum atomic E-state index is -1.19. The van der Waals surface area contributed by atoms with Gasteiger partial charge < -0.3 is 21.3 Å². The first-order valence-electron chi connectivity index (χ1n) is 10.1. The van der Waals surface area contributed by atoms with Gasteiger partial charge in [-0.25, -0.2) is 4.39 Å². The summed E-state index contributed by atoms with van der Waals surface area (Å²) in [5, 5.41) is 21.3. The number of hydrogen-bond donors (Lipinski definition) is 4. The van der Waals surface area contributed by atoms with Crippen LogP contribution < -0.4 is 21.3 Å². The summed E-state index contributed by atoms with van der Waals surface area (Å²) in [6, 6.07) is 1.61. The highest BCUT2D eigenvalue weighted by Gasteiger charge is 2.38. The largest absolute Gasteiger partial charge is 0.352 e. The fraction of sp³-hybridized carbons (Fsp3) is 0.750. The molecule has 0 aromatic carbocycles. The van der Waals surface area contributed by atoms with Gasteiger partial charge in [-0.2, -0.15) is 5.26 Å². The number of amides is 2. The Kier molecular flexibility index (Phi) is 6.36. The van der Waals surface area contributed by atoms with Crippen molar-refractivity contribution >= 4 is 11.8 Å². The molecule has 154 valence electrons. The predicted molar refractivity (Wildman–Crippen MR) is 103 cm³/mol. The Morgan fingerprint density at radius 1 is 1.43 bits per heavy atom. The van der Waals surface area contributed by atoms with Crippen molar-refractivity contribution in [3.8, 4) is 6.07 Å². The second kappa shape index (κ2) is 8.58. The van der Waals surface area contributed by atoms with E-state index < -0.39 is 18.3 Å². The SMILES string of the molecule is CC1=C(CC(=O)N[C@H](C)C2NCC(C#N)CC2F)C(=O)NC2CCC(C)NC12. The van der Waals surface area contributed by atoms with Crippen molar-refractivity contribution in [3.05, 3.63) is 11.1 Å². The van der Waals surface area contributed by atoms with Crippen molar-refractivity contribution in [1.29, 1.82) is 5.26 Å². The molecule has 0 spiro atoms. The third-order valence-corrected chi connectivity index (χ3v) is 6.26. The molecule has 3 heterocycles. The summed E-state index contributed by atoms with van der Waals surface area (Å²) in [5.41, 5.74) is 1.41. The van der Waals surface area contributed by atoms with Crippen molar-refractivity contribution in [2.75, 3.05) is 6.54 Å². The number of piperidine rings is 2. The number of carbonyl (C=O) groups is 2. The van der Waals surface area contributed by atoms with Crippen molar-refractivity contribution in [1.82, 2.24) is 21.3 Å². The van der Waals surface area contributed by atoms with Crippen LogP contribution in [0.3, 0.4) is 0 Å². The second-order valence-electron chi connectivity index (χ2n) is 8.41. The van der Waals surface area contributed by atoms with Gasteiger partial charge in [-0.1, -0.05) is 0 Å². The molecule has 0 aliphatic carbocycles. The van der Waals surface area contributed by atoms with Crippen LogP contribution in [0.4, 0.5) is 4.39 Å². The molecule has 0 saturated carbocycles. The summed E-state index contributed by atoms with van der Waals surface area (Å²) in [5.74, 6) is -0.823. The molecule has 0 aromatic rings. The lowest BCUT2D eigenvalue weighted by Gasteiger charge is -2.41. The van der Waals surface area contributed by atoms with E-state index >= 15 is 0 Å². The van der Waals surface area contributed by atoms with Crippen LogP contribution in [0, 0.1) is 17.2 Å². The molecule has 0 aromatic heterocycles. The Labute approximate surface area is 165 Å². The molecule has 3 rings (SSSR count). The maximum Gasteiger partial charge on any atom is 0.248 e. The van der Waals surface area contributed by atoms with E-state index in [1.54, 1.807) is 6.92 Å². The summed E-state index contributed by atoms with van der Waals surface area (Å²) in [4.78, 5) is 25.1. The number of alkyl halides is 1. The first kappa shape index (κ1) is 20.7. The van der Waals surface area contributed by atoms with E-state index in [-0.39, 0.29) is 42.7 Å². The fourth-order valence-corrected chi connectivity index (χ4v) is 4.58.